The number of carbonyl (C=O) groups excluding carboxylic acids is 1. The van der Waals surface area contributed by atoms with E-state index in [1.54, 1.807) is 13.8 Å². The van der Waals surface area contributed by atoms with Crippen molar-refractivity contribution in [3.05, 3.63) is 0 Å². The Kier molecular flexibility index (Phi) is 3.57. The Bertz CT molecular complexity index is 295. The number of carbonyl (C=O) groups is 2. The van der Waals surface area contributed by atoms with Crippen molar-refractivity contribution in [2.24, 2.45) is 11.8 Å². The molecule has 1 N–H and O–H groups in total. The molecule has 0 bridgehead atoms. The molecule has 0 saturated carbocycles. The Morgan fingerprint density at radius 1 is 1.50 bits per heavy atom. The zero-order valence-corrected chi connectivity index (χ0v) is 10.0. The molecule has 0 unspecified atom stereocenters. The summed E-state index contributed by atoms with van der Waals surface area (Å²) in [5.41, 5.74) is 0. The molecule has 0 aromatic carbocycles. The van der Waals surface area contributed by atoms with Gasteiger partial charge in [0, 0.05) is 13.8 Å². The molecule has 5 heteroatoms. The molecule has 0 aromatic rings. The van der Waals surface area contributed by atoms with Crippen LogP contribution in [0.15, 0.2) is 0 Å². The van der Waals surface area contributed by atoms with Gasteiger partial charge in [-0.15, -0.1) is 0 Å². The van der Waals surface area contributed by atoms with Crippen LogP contribution in [0.5, 0.6) is 0 Å². The van der Waals surface area contributed by atoms with E-state index >= 15 is 0 Å². The molecule has 5 nitrogen and oxygen atoms in total. The van der Waals surface area contributed by atoms with Gasteiger partial charge >= 0.3 is 11.9 Å². The van der Waals surface area contributed by atoms with Gasteiger partial charge in [-0.1, -0.05) is 13.8 Å². The van der Waals surface area contributed by atoms with Crippen LogP contribution in [0.2, 0.25) is 0 Å². The first kappa shape index (κ1) is 13.0. The smallest absolute Gasteiger partial charge is 0.338 e. The number of hydrogen-bond donors (Lipinski definition) is 1. The lowest BCUT2D eigenvalue weighted by Gasteiger charge is -2.20. The highest BCUT2D eigenvalue weighted by atomic mass is 16.8. The van der Waals surface area contributed by atoms with Crippen LogP contribution in [0.25, 0.3) is 0 Å². The first-order valence-electron chi connectivity index (χ1n) is 5.36. The monoisotopic (exact) mass is 230 g/mol. The van der Waals surface area contributed by atoms with E-state index in [2.05, 4.69) is 0 Å². The van der Waals surface area contributed by atoms with Crippen molar-refractivity contribution in [2.45, 2.75) is 46.0 Å². The van der Waals surface area contributed by atoms with Crippen LogP contribution >= 0.6 is 0 Å². The number of esters is 1. The van der Waals surface area contributed by atoms with Crippen LogP contribution in [0.1, 0.15) is 34.1 Å². The third-order valence-electron chi connectivity index (χ3n) is 2.40. The molecule has 0 aromatic heterocycles. The summed E-state index contributed by atoms with van der Waals surface area (Å²) in [5, 5.41) is 9.08. The number of carboxylic acids is 1. The molecule has 1 aliphatic heterocycles. The Morgan fingerprint density at radius 3 is 2.38 bits per heavy atom. The molecule has 0 amide bonds. The van der Waals surface area contributed by atoms with Gasteiger partial charge in [0.1, 0.15) is 0 Å². The molecule has 16 heavy (non-hydrogen) atoms. The van der Waals surface area contributed by atoms with Crippen molar-refractivity contribution in [2.75, 3.05) is 0 Å². The standard InChI is InChI=1S/C11H18O5/c1-6(2)5-7(9(12)13)8-10(14)16-11(3,4)15-8/h6-8H,5H2,1-4H3,(H,12,13)/t7-,8-/m0/s1. The minimum atomic E-state index is -1.02. The zero-order chi connectivity index (χ0) is 12.5. The number of rotatable bonds is 4. The lowest BCUT2D eigenvalue weighted by atomic mass is 9.92. The van der Waals surface area contributed by atoms with Gasteiger partial charge < -0.3 is 14.6 Å². The number of cyclic esters (lactones) is 1. The van der Waals surface area contributed by atoms with Gasteiger partial charge in [-0.25, -0.2) is 4.79 Å². The fourth-order valence-electron chi connectivity index (χ4n) is 1.79. The topological polar surface area (TPSA) is 72.8 Å². The summed E-state index contributed by atoms with van der Waals surface area (Å²) in [6, 6.07) is 0. The first-order chi connectivity index (χ1) is 7.23. The van der Waals surface area contributed by atoms with Gasteiger partial charge in [-0.05, 0) is 12.3 Å². The van der Waals surface area contributed by atoms with Crippen molar-refractivity contribution in [3.63, 3.8) is 0 Å². The van der Waals surface area contributed by atoms with Crippen molar-refractivity contribution in [1.29, 1.82) is 0 Å². The number of carboxylic acid groups (broad SMARTS) is 1. The number of hydrogen-bond acceptors (Lipinski definition) is 4. The highest BCUT2D eigenvalue weighted by Crippen LogP contribution is 2.31. The number of aliphatic carboxylic acids is 1. The van der Waals surface area contributed by atoms with E-state index in [1.807, 2.05) is 13.8 Å². The molecular weight excluding hydrogens is 212 g/mol. The molecule has 1 fully saturated rings. The summed E-state index contributed by atoms with van der Waals surface area (Å²) in [6.07, 6.45) is -0.597. The van der Waals surface area contributed by atoms with Gasteiger partial charge in [0.05, 0.1) is 5.92 Å². The predicted molar refractivity (Wildman–Crippen MR) is 55.6 cm³/mol. The SMILES string of the molecule is CC(C)C[C@H](C(=O)O)[C@@H]1OC(C)(C)OC1=O. The summed E-state index contributed by atoms with van der Waals surface area (Å²) in [6.45, 7) is 7.00. The third-order valence-corrected chi connectivity index (χ3v) is 2.40. The second-order valence-electron chi connectivity index (χ2n) is 4.93. The minimum absolute atomic E-state index is 0.182. The molecule has 0 radical (unpaired) electrons. The zero-order valence-electron chi connectivity index (χ0n) is 10.0. The average Bonchev–Trinajstić information content (AvgIpc) is 2.34. The van der Waals surface area contributed by atoms with E-state index in [9.17, 15) is 9.59 Å². The van der Waals surface area contributed by atoms with Crippen LogP contribution < -0.4 is 0 Å². The molecule has 1 saturated heterocycles. The van der Waals surface area contributed by atoms with Gasteiger partial charge in [0.25, 0.3) is 0 Å². The van der Waals surface area contributed by atoms with Gasteiger partial charge in [-0.3, -0.25) is 4.79 Å². The Hall–Kier alpha value is -1.10. The molecule has 0 spiro atoms. The normalized spacial score (nSPS) is 25.6. The van der Waals surface area contributed by atoms with Crippen LogP contribution in [-0.2, 0) is 19.1 Å². The van der Waals surface area contributed by atoms with Crippen LogP contribution in [0.3, 0.4) is 0 Å². The van der Waals surface area contributed by atoms with Crippen molar-refractivity contribution in [3.8, 4) is 0 Å². The Balaban J connectivity index is 2.80. The third kappa shape index (κ3) is 2.95. The highest BCUT2D eigenvalue weighted by molar-refractivity contribution is 5.84. The summed E-state index contributed by atoms with van der Waals surface area (Å²) in [4.78, 5) is 22.6. The second-order valence-corrected chi connectivity index (χ2v) is 4.93. The lowest BCUT2D eigenvalue weighted by Crippen LogP contribution is -2.34. The second kappa shape index (κ2) is 4.41. The highest BCUT2D eigenvalue weighted by Gasteiger charge is 2.47. The van der Waals surface area contributed by atoms with E-state index in [0.717, 1.165) is 0 Å². The van der Waals surface area contributed by atoms with Crippen LogP contribution in [0.4, 0.5) is 0 Å². The van der Waals surface area contributed by atoms with E-state index in [1.165, 1.54) is 0 Å². The summed E-state index contributed by atoms with van der Waals surface area (Å²) >= 11 is 0. The fourth-order valence-corrected chi connectivity index (χ4v) is 1.79. The van der Waals surface area contributed by atoms with Crippen LogP contribution in [0, 0.1) is 11.8 Å². The molecule has 1 heterocycles. The van der Waals surface area contributed by atoms with E-state index in [4.69, 9.17) is 14.6 Å². The maximum absolute atomic E-state index is 11.5. The molecular formula is C11H18O5. The maximum Gasteiger partial charge on any atom is 0.338 e. The average molecular weight is 230 g/mol. The predicted octanol–water partition coefficient (Wildman–Crippen LogP) is 1.41. The maximum atomic E-state index is 11.5. The van der Waals surface area contributed by atoms with E-state index in [-0.39, 0.29) is 5.92 Å². The summed E-state index contributed by atoms with van der Waals surface area (Å²) in [5.74, 6) is -3.28. The molecule has 92 valence electrons. The lowest BCUT2D eigenvalue weighted by molar-refractivity contribution is -0.164. The molecule has 1 rings (SSSR count). The van der Waals surface area contributed by atoms with Gasteiger partial charge in [0.15, 0.2) is 6.10 Å². The Labute approximate surface area is 94.7 Å². The molecule has 2 atom stereocenters. The van der Waals surface area contributed by atoms with Crippen molar-refractivity contribution < 1.29 is 24.2 Å². The molecule has 1 aliphatic rings. The largest absolute Gasteiger partial charge is 0.481 e. The number of ether oxygens (including phenoxy) is 2. The van der Waals surface area contributed by atoms with Crippen LogP contribution in [-0.4, -0.2) is 28.9 Å². The van der Waals surface area contributed by atoms with E-state index < -0.39 is 29.7 Å². The fraction of sp³-hybridized carbons (Fsp3) is 0.818. The van der Waals surface area contributed by atoms with Gasteiger partial charge in [0.2, 0.25) is 5.79 Å². The summed E-state index contributed by atoms with van der Waals surface area (Å²) < 4.78 is 10.3. The van der Waals surface area contributed by atoms with Crippen molar-refractivity contribution in [1.82, 2.24) is 0 Å². The quantitative estimate of drug-likeness (QED) is 0.739. The van der Waals surface area contributed by atoms with E-state index in [0.29, 0.717) is 6.42 Å². The Morgan fingerprint density at radius 2 is 2.06 bits per heavy atom. The van der Waals surface area contributed by atoms with Crippen molar-refractivity contribution >= 4 is 11.9 Å². The summed E-state index contributed by atoms with van der Waals surface area (Å²) in [7, 11) is 0. The first-order valence-corrected chi connectivity index (χ1v) is 5.36. The molecule has 0 aliphatic carbocycles. The minimum Gasteiger partial charge on any atom is -0.481 e. The van der Waals surface area contributed by atoms with Gasteiger partial charge in [-0.2, -0.15) is 0 Å².